The molecule has 17 nitrogen and oxygen atoms in total. The van der Waals surface area contributed by atoms with Gasteiger partial charge in [0.05, 0.1) is 53.7 Å². The van der Waals surface area contributed by atoms with Crippen molar-refractivity contribution in [2.75, 3.05) is 21.3 Å². The van der Waals surface area contributed by atoms with E-state index in [1.54, 1.807) is 35.2 Å². The van der Waals surface area contributed by atoms with E-state index in [0.29, 0.717) is 38.5 Å². The topological polar surface area (TPSA) is 228 Å². The normalized spacial score (nSPS) is 48.1. The van der Waals surface area contributed by atoms with Gasteiger partial charge in [-0.3, -0.25) is 4.79 Å². The molecule has 1 aromatic rings. The molecule has 0 radical (unpaired) electrons. The van der Waals surface area contributed by atoms with Gasteiger partial charge in [-0.25, -0.2) is 4.79 Å². The van der Waals surface area contributed by atoms with Crippen molar-refractivity contribution >= 4 is 11.8 Å². The van der Waals surface area contributed by atoms with Crippen molar-refractivity contribution in [2.45, 2.75) is 209 Å². The number of methoxy groups -OCH3 is 3. The van der Waals surface area contributed by atoms with Crippen LogP contribution in [0.25, 0.3) is 0 Å². The zero-order chi connectivity index (χ0) is 47.7. The number of ketones is 1. The highest BCUT2D eigenvalue weighted by Gasteiger charge is 2.81. The zero-order valence-electron chi connectivity index (χ0n) is 39.8. The second kappa shape index (κ2) is 18.6. The molecule has 7 aliphatic rings. The van der Waals surface area contributed by atoms with E-state index in [0.717, 1.165) is 5.57 Å². The molecule has 17 heteroatoms. The number of aliphatic hydroxyl groups excluding tert-OH is 1. The summed E-state index contributed by atoms with van der Waals surface area (Å²) in [4.78, 5) is 27.0. The third kappa shape index (κ3) is 8.18. The Kier molecular flexibility index (Phi) is 14.0. The highest BCUT2D eigenvalue weighted by molar-refractivity contribution is 5.90. The molecule has 66 heavy (non-hydrogen) atoms. The Hall–Kier alpha value is -2.62. The van der Waals surface area contributed by atoms with Crippen LogP contribution in [-0.4, -0.2) is 161 Å². The van der Waals surface area contributed by atoms with Gasteiger partial charge in [0.2, 0.25) is 0 Å². The van der Waals surface area contributed by atoms with Crippen molar-refractivity contribution in [3.8, 4) is 5.75 Å². The number of phenols is 1. The molecule has 0 spiro atoms. The monoisotopic (exact) mass is 932 g/mol. The average molecular weight is 933 g/mol. The van der Waals surface area contributed by atoms with Crippen molar-refractivity contribution in [1.82, 2.24) is 0 Å². The Bertz CT molecular complexity index is 1950. The van der Waals surface area contributed by atoms with E-state index in [-0.39, 0.29) is 49.2 Å². The molecule has 0 bridgehead atoms. The van der Waals surface area contributed by atoms with E-state index >= 15 is 0 Å². The average Bonchev–Trinajstić information content (AvgIpc) is 3.51. The number of ether oxygens (including phenoxy) is 10. The molecule has 20 atom stereocenters. The number of carbonyl (C=O) groups excluding carboxylic acids is 2. The van der Waals surface area contributed by atoms with Crippen LogP contribution in [0, 0.1) is 16.7 Å². The number of phenolic OH excluding ortho intramolecular Hbond substituents is 1. The molecule has 0 aromatic heterocycles. The Labute approximate surface area is 387 Å². The Morgan fingerprint density at radius 3 is 1.83 bits per heavy atom. The molecule has 8 rings (SSSR count). The number of fused-ring (bicyclic) bond motifs is 5. The van der Waals surface area contributed by atoms with Gasteiger partial charge in [0.25, 0.3) is 0 Å². The number of aromatic hydroxyl groups is 1. The summed E-state index contributed by atoms with van der Waals surface area (Å²) in [5.74, 6) is -1.94. The summed E-state index contributed by atoms with van der Waals surface area (Å²) >= 11 is 0. The van der Waals surface area contributed by atoms with Gasteiger partial charge in [-0.2, -0.15) is 0 Å². The van der Waals surface area contributed by atoms with Crippen LogP contribution in [0.3, 0.4) is 0 Å². The molecule has 3 saturated carbocycles. The fraction of sp³-hybridized carbons (Fsp3) is 0.796. The Morgan fingerprint density at radius 1 is 0.727 bits per heavy atom. The molecule has 4 aliphatic carbocycles. The van der Waals surface area contributed by atoms with E-state index < -0.39 is 119 Å². The first kappa shape index (κ1) is 49.8. The second-order valence-electron chi connectivity index (χ2n) is 20.5. The molecule has 6 fully saturated rings. The molecule has 1 aromatic carbocycles. The van der Waals surface area contributed by atoms with E-state index in [9.17, 15) is 35.1 Å². The number of Topliss-reactive ketones (excluding diaryl/α,β-unsaturated/α-hetero) is 1. The first-order chi connectivity index (χ1) is 31.2. The summed E-state index contributed by atoms with van der Waals surface area (Å²) in [6.45, 7) is 10.5. The first-order valence-corrected chi connectivity index (χ1v) is 23.7. The van der Waals surface area contributed by atoms with Crippen LogP contribution in [0.15, 0.2) is 35.9 Å². The molecule has 0 unspecified atom stereocenters. The van der Waals surface area contributed by atoms with Crippen LogP contribution in [-0.2, 0) is 52.2 Å². The maximum atomic E-state index is 13.7. The van der Waals surface area contributed by atoms with Crippen LogP contribution >= 0.6 is 0 Å². The van der Waals surface area contributed by atoms with Gasteiger partial charge in [0.1, 0.15) is 47.0 Å². The maximum absolute atomic E-state index is 13.7. The van der Waals surface area contributed by atoms with Gasteiger partial charge in [0, 0.05) is 46.5 Å². The lowest BCUT2D eigenvalue weighted by molar-refractivity contribution is -0.338. The fourth-order valence-corrected chi connectivity index (χ4v) is 13.2. The van der Waals surface area contributed by atoms with Gasteiger partial charge in [-0.15, -0.1) is 0 Å². The number of rotatable bonds is 12. The summed E-state index contributed by atoms with van der Waals surface area (Å²) in [6, 6.07) is 5.59. The maximum Gasteiger partial charge on any atom is 0.338 e. The molecule has 0 amide bonds. The highest BCUT2D eigenvalue weighted by atomic mass is 16.7. The number of aliphatic hydroxyl groups is 4. The third-order valence-corrected chi connectivity index (χ3v) is 17.2. The largest absolute Gasteiger partial charge is 0.508 e. The first-order valence-electron chi connectivity index (χ1n) is 23.7. The van der Waals surface area contributed by atoms with E-state index in [2.05, 4.69) is 6.92 Å². The van der Waals surface area contributed by atoms with Crippen molar-refractivity contribution < 1.29 is 82.5 Å². The van der Waals surface area contributed by atoms with Gasteiger partial charge in [-0.1, -0.05) is 18.6 Å². The predicted molar refractivity (Wildman–Crippen MR) is 233 cm³/mol. The second-order valence-corrected chi connectivity index (χ2v) is 20.5. The molecule has 5 N–H and O–H groups in total. The molecular weight excluding hydrogens is 861 g/mol. The summed E-state index contributed by atoms with van der Waals surface area (Å²) < 4.78 is 62.1. The molecular formula is C49H72O17. The van der Waals surface area contributed by atoms with Gasteiger partial charge < -0.3 is 72.9 Å². The zero-order valence-corrected chi connectivity index (χ0v) is 39.8. The molecule has 370 valence electrons. The number of hydrogen-bond acceptors (Lipinski definition) is 17. The molecule has 3 heterocycles. The number of carbonyl (C=O) groups is 2. The SMILES string of the molecule is CO[C@H]1C[C@@H](O[C@@H]2[C@H](C)O[C@@H](O[C@@H]3[C@H](C)O[C@@H](O[C@H]4CC[C@@]5(C)C(=CC[C@@]6(O)[C@H]5C[C@@H](OC(=O)c5ccc(O)cc5)[C@@]5(C)[C@]6(O)CC[C@@]5(O)C(C)=O)C4)C[C@@H]3OC)C[C@@H]2OC)O[C@@H](C)[C@@H]1O. The van der Waals surface area contributed by atoms with E-state index in [1.807, 2.05) is 19.9 Å². The smallest absolute Gasteiger partial charge is 0.338 e. The van der Waals surface area contributed by atoms with Gasteiger partial charge >= 0.3 is 5.97 Å². The lowest BCUT2D eigenvalue weighted by Gasteiger charge is -2.67. The van der Waals surface area contributed by atoms with Crippen molar-refractivity contribution in [2.24, 2.45) is 16.7 Å². The van der Waals surface area contributed by atoms with Crippen LogP contribution in [0.4, 0.5) is 0 Å². The molecule has 3 aliphatic heterocycles. The van der Waals surface area contributed by atoms with E-state index in [1.165, 1.54) is 31.2 Å². The minimum Gasteiger partial charge on any atom is -0.508 e. The highest BCUT2D eigenvalue weighted by Crippen LogP contribution is 2.71. The summed E-state index contributed by atoms with van der Waals surface area (Å²) in [5.41, 5.74) is -7.01. The Balaban J connectivity index is 0.927. The minimum absolute atomic E-state index is 0.0274. The summed E-state index contributed by atoms with van der Waals surface area (Å²) in [7, 11) is 4.82. The van der Waals surface area contributed by atoms with Crippen LogP contribution in [0.2, 0.25) is 0 Å². The lowest BCUT2D eigenvalue weighted by atomic mass is 9.42. The number of hydrogen-bond donors (Lipinski definition) is 5. The summed E-state index contributed by atoms with van der Waals surface area (Å²) in [6.07, 6.45) is -2.66. The lowest BCUT2D eigenvalue weighted by Crippen LogP contribution is -2.78. The van der Waals surface area contributed by atoms with Crippen LogP contribution in [0.1, 0.15) is 116 Å². The minimum atomic E-state index is -2.07. The number of benzene rings is 1. The summed E-state index contributed by atoms with van der Waals surface area (Å²) in [5, 5.41) is 58.2. The standard InChI is InChI=1S/C49H72O17/c1-25-41(52)33(57-7)21-39(60-25)65-43-27(3)62-40(23-35(43)59-9)66-42-26(2)61-38(22-34(42)58-8)63-32-15-16-45(5)30(20-32)14-17-48(55)36(45)24-37(64-44(53)29-10-12-31(51)13-11-29)46(6)47(54,28(4)50)18-19-49(46,48)56/h10-14,25-27,32-43,51-52,54-56H,15-24H2,1-9H3/t25-,26-,27-,32-,33-,34-,35-,36-,37+,38-,39+,40-,41-,42+,43+,45-,46+,47+,48+,49+/m0/s1. The van der Waals surface area contributed by atoms with Crippen molar-refractivity contribution in [3.63, 3.8) is 0 Å². The molecule has 3 saturated heterocycles. The van der Waals surface area contributed by atoms with Gasteiger partial charge in [-0.05, 0) is 109 Å². The van der Waals surface area contributed by atoms with Gasteiger partial charge in [0.15, 0.2) is 24.7 Å². The van der Waals surface area contributed by atoms with E-state index in [4.69, 9.17) is 47.4 Å². The third-order valence-electron chi connectivity index (χ3n) is 17.2. The van der Waals surface area contributed by atoms with Crippen LogP contribution in [0.5, 0.6) is 5.75 Å². The quantitative estimate of drug-likeness (QED) is 0.147. The number of esters is 1. The Morgan fingerprint density at radius 2 is 1.27 bits per heavy atom. The van der Waals surface area contributed by atoms with Crippen molar-refractivity contribution in [3.05, 3.63) is 41.5 Å². The fourth-order valence-electron chi connectivity index (χ4n) is 13.2. The van der Waals surface area contributed by atoms with Crippen molar-refractivity contribution in [1.29, 1.82) is 0 Å². The van der Waals surface area contributed by atoms with Crippen LogP contribution < -0.4 is 0 Å². The predicted octanol–water partition coefficient (Wildman–Crippen LogP) is 4.01.